The van der Waals surface area contributed by atoms with E-state index in [2.05, 4.69) is 15.0 Å². The molecule has 0 bridgehead atoms. The first kappa shape index (κ1) is 27.1. The summed E-state index contributed by atoms with van der Waals surface area (Å²) < 4.78 is 11.4. The second-order valence-corrected chi connectivity index (χ2v) is 11.8. The number of fused-ring (bicyclic) bond motifs is 3. The number of carbonyl (C=O) groups excluding carboxylic acids is 1. The number of aromatic amines is 2. The van der Waals surface area contributed by atoms with Crippen LogP contribution in [0.3, 0.4) is 0 Å². The van der Waals surface area contributed by atoms with Gasteiger partial charge in [0.05, 0.1) is 22.1 Å². The molecule has 4 heterocycles. The standard InChI is InChI=1S/C31H32ClN5O4/c1-31(2,3)41-30(39)37-13-11-18(12-14-37)28-35-24-17-34-29-25(26(24)36-28)22(16-33-29)27(38)21-10-9-20(15-23(21)32)40-19-7-5-4-6-8-19/h4-10,15-18,27,38H,11-14H2,1-3H3,(H,33,34)(H,35,36). The lowest BCUT2D eigenvalue weighted by atomic mass is 9.96. The highest BCUT2D eigenvalue weighted by Gasteiger charge is 2.29. The van der Waals surface area contributed by atoms with Crippen LogP contribution >= 0.6 is 11.6 Å². The number of hydrogen-bond donors (Lipinski definition) is 3. The molecule has 0 radical (unpaired) electrons. The molecule has 5 aromatic rings. The van der Waals surface area contributed by atoms with Gasteiger partial charge in [-0.2, -0.15) is 0 Å². The summed E-state index contributed by atoms with van der Waals surface area (Å²) in [5, 5.41) is 12.6. The Hall–Kier alpha value is -4.08. The largest absolute Gasteiger partial charge is 0.457 e. The van der Waals surface area contributed by atoms with E-state index >= 15 is 0 Å². The van der Waals surface area contributed by atoms with E-state index in [1.54, 1.807) is 35.5 Å². The van der Waals surface area contributed by atoms with Crippen LogP contribution in [0.15, 0.2) is 60.9 Å². The summed E-state index contributed by atoms with van der Waals surface area (Å²) in [6.07, 6.45) is 3.75. The molecule has 1 aliphatic heterocycles. The predicted octanol–water partition coefficient (Wildman–Crippen LogP) is 7.08. The lowest BCUT2D eigenvalue weighted by Crippen LogP contribution is -2.41. The Bertz CT molecular complexity index is 1700. The van der Waals surface area contributed by atoms with Crippen molar-refractivity contribution in [2.24, 2.45) is 0 Å². The minimum absolute atomic E-state index is 0.162. The summed E-state index contributed by atoms with van der Waals surface area (Å²) in [5.74, 6) is 2.29. The molecule has 1 unspecified atom stereocenters. The molecular weight excluding hydrogens is 542 g/mol. The number of nitrogens with one attached hydrogen (secondary N) is 2. The van der Waals surface area contributed by atoms with Gasteiger partial charge in [-0.3, -0.25) is 0 Å². The van der Waals surface area contributed by atoms with Crippen molar-refractivity contribution in [3.63, 3.8) is 0 Å². The molecule has 1 amide bonds. The molecule has 2 aromatic carbocycles. The molecule has 1 fully saturated rings. The minimum atomic E-state index is -1.01. The number of imidazole rings is 1. The lowest BCUT2D eigenvalue weighted by molar-refractivity contribution is 0.0203. The first-order valence-corrected chi connectivity index (χ1v) is 14.1. The van der Waals surface area contributed by atoms with Crippen molar-refractivity contribution in [1.29, 1.82) is 0 Å². The van der Waals surface area contributed by atoms with Gasteiger partial charge in [-0.1, -0.05) is 35.9 Å². The van der Waals surface area contributed by atoms with E-state index in [-0.39, 0.29) is 12.0 Å². The fraction of sp³-hybridized carbons (Fsp3) is 0.323. The summed E-state index contributed by atoms with van der Waals surface area (Å²) in [6, 6.07) is 14.7. The third-order valence-corrected chi connectivity index (χ3v) is 7.60. The number of H-pyrrole nitrogens is 2. The number of hydrogen-bond acceptors (Lipinski definition) is 6. The van der Waals surface area contributed by atoms with Crippen molar-refractivity contribution in [2.45, 2.75) is 51.2 Å². The van der Waals surface area contributed by atoms with E-state index in [1.807, 2.05) is 51.1 Å². The highest BCUT2D eigenvalue weighted by Crippen LogP contribution is 2.38. The Balaban J connectivity index is 1.24. The van der Waals surface area contributed by atoms with Gasteiger partial charge >= 0.3 is 6.09 Å². The van der Waals surface area contributed by atoms with E-state index in [0.29, 0.717) is 46.4 Å². The number of halogens is 1. The Morgan fingerprint density at radius 2 is 1.85 bits per heavy atom. The number of amides is 1. The number of para-hydroxylation sites is 1. The molecule has 9 nitrogen and oxygen atoms in total. The predicted molar refractivity (Wildman–Crippen MR) is 158 cm³/mol. The Morgan fingerprint density at radius 3 is 2.56 bits per heavy atom. The van der Waals surface area contributed by atoms with Gasteiger partial charge in [0.25, 0.3) is 0 Å². The van der Waals surface area contributed by atoms with Crippen molar-refractivity contribution in [3.8, 4) is 11.5 Å². The van der Waals surface area contributed by atoms with Gasteiger partial charge in [-0.25, -0.2) is 14.8 Å². The number of likely N-dealkylation sites (tertiary alicyclic amines) is 1. The number of carbonyl (C=O) groups is 1. The normalized spacial score (nSPS) is 15.4. The smallest absolute Gasteiger partial charge is 0.410 e. The van der Waals surface area contributed by atoms with Crippen LogP contribution in [0.25, 0.3) is 22.1 Å². The quantitative estimate of drug-likeness (QED) is 0.207. The maximum atomic E-state index is 12.5. The van der Waals surface area contributed by atoms with Gasteiger partial charge in [0, 0.05) is 36.3 Å². The molecule has 6 rings (SSSR count). The monoisotopic (exact) mass is 573 g/mol. The summed E-state index contributed by atoms with van der Waals surface area (Å²) in [5.41, 5.74) is 2.81. The van der Waals surface area contributed by atoms with Crippen molar-refractivity contribution in [3.05, 3.63) is 82.9 Å². The van der Waals surface area contributed by atoms with E-state index in [4.69, 9.17) is 26.1 Å². The van der Waals surface area contributed by atoms with Crippen molar-refractivity contribution >= 4 is 39.8 Å². The minimum Gasteiger partial charge on any atom is -0.457 e. The van der Waals surface area contributed by atoms with Crippen LogP contribution < -0.4 is 4.74 Å². The van der Waals surface area contributed by atoms with Crippen LogP contribution in [0.4, 0.5) is 4.79 Å². The van der Waals surface area contributed by atoms with E-state index in [9.17, 15) is 9.90 Å². The molecule has 10 heteroatoms. The van der Waals surface area contributed by atoms with Crippen molar-refractivity contribution in [2.75, 3.05) is 13.1 Å². The number of benzene rings is 2. The summed E-state index contributed by atoms with van der Waals surface area (Å²) in [6.45, 7) is 6.81. The van der Waals surface area contributed by atoms with Crippen LogP contribution in [0.2, 0.25) is 5.02 Å². The molecule has 3 N–H and O–H groups in total. The first-order valence-electron chi connectivity index (χ1n) is 13.7. The van der Waals surface area contributed by atoms with Gasteiger partial charge in [0.2, 0.25) is 0 Å². The fourth-order valence-corrected chi connectivity index (χ4v) is 5.53. The number of ether oxygens (including phenoxy) is 2. The van der Waals surface area contributed by atoms with Gasteiger partial charge in [0.1, 0.15) is 40.2 Å². The third-order valence-electron chi connectivity index (χ3n) is 7.27. The molecule has 0 saturated carbocycles. The topological polar surface area (TPSA) is 116 Å². The number of aromatic nitrogens is 4. The van der Waals surface area contributed by atoms with Crippen LogP contribution in [-0.2, 0) is 4.74 Å². The SMILES string of the molecule is CC(C)(C)OC(=O)N1CCC(c2nc3c(cnc4[nH]cc(C(O)c5ccc(Oc6ccccc6)cc5Cl)c43)[nH]2)CC1. The lowest BCUT2D eigenvalue weighted by Gasteiger charge is -2.32. The molecule has 0 spiro atoms. The van der Waals surface area contributed by atoms with Crippen molar-refractivity contribution in [1.82, 2.24) is 24.8 Å². The van der Waals surface area contributed by atoms with Gasteiger partial charge in [0.15, 0.2) is 0 Å². The summed E-state index contributed by atoms with van der Waals surface area (Å²) >= 11 is 6.63. The highest BCUT2D eigenvalue weighted by atomic mass is 35.5. The number of aliphatic hydroxyl groups excluding tert-OH is 1. The summed E-state index contributed by atoms with van der Waals surface area (Å²) in [7, 11) is 0. The molecule has 212 valence electrons. The van der Waals surface area contributed by atoms with Crippen LogP contribution in [0.5, 0.6) is 11.5 Å². The number of nitrogens with zero attached hydrogens (tertiary/aromatic N) is 3. The molecule has 1 saturated heterocycles. The van der Waals surface area contributed by atoms with Crippen LogP contribution in [-0.4, -0.2) is 54.7 Å². The molecule has 41 heavy (non-hydrogen) atoms. The summed E-state index contributed by atoms with van der Waals surface area (Å²) in [4.78, 5) is 30.4. The Labute approximate surface area is 242 Å². The number of aliphatic hydroxyl groups is 1. The molecular formula is C31H32ClN5O4. The van der Waals surface area contributed by atoms with E-state index in [0.717, 1.165) is 35.1 Å². The maximum Gasteiger partial charge on any atom is 0.410 e. The zero-order chi connectivity index (χ0) is 28.7. The van der Waals surface area contributed by atoms with E-state index < -0.39 is 11.7 Å². The second kappa shape index (κ2) is 10.7. The Kier molecular flexibility index (Phi) is 7.09. The zero-order valence-corrected chi connectivity index (χ0v) is 23.9. The number of pyridine rings is 1. The second-order valence-electron chi connectivity index (χ2n) is 11.4. The number of rotatable bonds is 5. The molecule has 0 aliphatic carbocycles. The first-order chi connectivity index (χ1) is 19.7. The third kappa shape index (κ3) is 5.60. The molecule has 1 atom stereocenters. The maximum absolute atomic E-state index is 12.5. The average Bonchev–Trinajstić information content (AvgIpc) is 3.57. The van der Waals surface area contributed by atoms with E-state index in [1.165, 1.54) is 0 Å². The average molecular weight is 574 g/mol. The Morgan fingerprint density at radius 1 is 1.10 bits per heavy atom. The van der Waals surface area contributed by atoms with Crippen LogP contribution in [0.1, 0.15) is 62.6 Å². The van der Waals surface area contributed by atoms with Gasteiger partial charge in [-0.05, 0) is 57.9 Å². The highest BCUT2D eigenvalue weighted by molar-refractivity contribution is 6.31. The molecule has 3 aromatic heterocycles. The van der Waals surface area contributed by atoms with Gasteiger partial charge in [-0.15, -0.1) is 0 Å². The fourth-order valence-electron chi connectivity index (χ4n) is 5.25. The molecule has 1 aliphatic rings. The van der Waals surface area contributed by atoms with Crippen LogP contribution in [0, 0.1) is 0 Å². The zero-order valence-electron chi connectivity index (χ0n) is 23.1. The van der Waals surface area contributed by atoms with Crippen molar-refractivity contribution < 1.29 is 19.4 Å². The number of piperidine rings is 1. The van der Waals surface area contributed by atoms with Gasteiger partial charge < -0.3 is 29.4 Å².